The van der Waals surface area contributed by atoms with Crippen molar-refractivity contribution in [2.45, 2.75) is 0 Å². The molecule has 0 spiro atoms. The number of nitrogens with zero attached hydrogens (tertiary/aromatic N) is 1. The van der Waals surface area contributed by atoms with E-state index >= 15 is 0 Å². The fourth-order valence-electron chi connectivity index (χ4n) is 1.77. The van der Waals surface area contributed by atoms with Crippen molar-refractivity contribution >= 4 is 33.2 Å². The summed E-state index contributed by atoms with van der Waals surface area (Å²) >= 11 is 3.45. The van der Waals surface area contributed by atoms with Crippen molar-refractivity contribution in [2.24, 2.45) is 0 Å². The van der Waals surface area contributed by atoms with E-state index in [1.165, 1.54) is 0 Å². The molecule has 1 aromatic rings. The van der Waals surface area contributed by atoms with Crippen molar-refractivity contribution < 1.29 is 4.79 Å². The minimum Gasteiger partial charge on any atom is -0.359 e. The molecule has 2 rings (SSSR count). The highest BCUT2D eigenvalue weighted by Gasteiger charge is 2.21. The summed E-state index contributed by atoms with van der Waals surface area (Å²) in [7, 11) is 1.91. The van der Waals surface area contributed by atoms with Crippen molar-refractivity contribution in [1.82, 2.24) is 5.32 Å². The van der Waals surface area contributed by atoms with E-state index in [-0.39, 0.29) is 5.91 Å². The van der Waals surface area contributed by atoms with Crippen LogP contribution in [0.2, 0.25) is 0 Å². The number of likely N-dealkylation sites (N-methyl/N-ethyl adjacent to an activating group) is 1. The maximum atomic E-state index is 11.5. The minimum absolute atomic E-state index is 0.0472. The summed E-state index contributed by atoms with van der Waals surface area (Å²) in [4.78, 5) is 13.6. The molecule has 16 heavy (non-hydrogen) atoms. The van der Waals surface area contributed by atoms with Gasteiger partial charge in [0.25, 0.3) is 0 Å². The van der Waals surface area contributed by atoms with Gasteiger partial charge >= 0.3 is 0 Å². The third-order valence-electron chi connectivity index (χ3n) is 2.54. The fraction of sp³-hybridized carbons (Fsp3) is 0.364. The minimum atomic E-state index is 0.0472. The molecule has 5 heteroatoms. The van der Waals surface area contributed by atoms with Crippen LogP contribution < -0.4 is 15.5 Å². The highest BCUT2D eigenvalue weighted by molar-refractivity contribution is 9.10. The Kier molecular flexibility index (Phi) is 3.46. The number of carbonyl (C=O) groups is 1. The van der Waals surface area contributed by atoms with E-state index < -0.39 is 0 Å². The van der Waals surface area contributed by atoms with Crippen molar-refractivity contribution in [3.63, 3.8) is 0 Å². The van der Waals surface area contributed by atoms with E-state index in [2.05, 4.69) is 31.5 Å². The Hall–Kier alpha value is -1.07. The number of rotatable bonds is 3. The summed E-state index contributed by atoms with van der Waals surface area (Å²) in [5, 5.41) is 5.96. The molecule has 0 saturated heterocycles. The highest BCUT2D eigenvalue weighted by atomic mass is 79.9. The van der Waals surface area contributed by atoms with Gasteiger partial charge in [-0.3, -0.25) is 4.79 Å². The second-order valence-corrected chi connectivity index (χ2v) is 4.65. The van der Waals surface area contributed by atoms with Crippen LogP contribution in [0.15, 0.2) is 22.7 Å². The van der Waals surface area contributed by atoms with Crippen molar-refractivity contribution in [3.05, 3.63) is 22.7 Å². The van der Waals surface area contributed by atoms with Crippen LogP contribution in [-0.2, 0) is 4.79 Å². The molecule has 0 radical (unpaired) electrons. The van der Waals surface area contributed by atoms with Crippen LogP contribution in [0.25, 0.3) is 0 Å². The Morgan fingerprint density at radius 1 is 1.56 bits per heavy atom. The average Bonchev–Trinajstić information content (AvgIpc) is 2.26. The molecule has 0 saturated carbocycles. The van der Waals surface area contributed by atoms with Gasteiger partial charge in [-0.25, -0.2) is 0 Å². The van der Waals surface area contributed by atoms with Gasteiger partial charge in [0, 0.05) is 17.6 Å². The number of hydrogen-bond donors (Lipinski definition) is 2. The van der Waals surface area contributed by atoms with Crippen LogP contribution in [0, 0.1) is 0 Å². The summed E-state index contributed by atoms with van der Waals surface area (Å²) in [6.07, 6.45) is 0. The van der Waals surface area contributed by atoms with E-state index in [4.69, 9.17) is 0 Å². The van der Waals surface area contributed by atoms with Crippen molar-refractivity contribution in [3.8, 4) is 0 Å². The van der Waals surface area contributed by atoms with Gasteiger partial charge in [-0.2, -0.15) is 0 Å². The largest absolute Gasteiger partial charge is 0.359 e. The third-order valence-corrected chi connectivity index (χ3v) is 3.03. The molecule has 1 heterocycles. The first kappa shape index (κ1) is 11.4. The molecule has 1 aromatic carbocycles. The Labute approximate surface area is 103 Å². The summed E-state index contributed by atoms with van der Waals surface area (Å²) in [6, 6.07) is 5.88. The van der Waals surface area contributed by atoms with Crippen LogP contribution >= 0.6 is 15.9 Å². The van der Waals surface area contributed by atoms with Gasteiger partial charge in [0.1, 0.15) is 0 Å². The SMILES string of the molecule is CNCCN1CC(=O)Nc2ccc(Br)cc21. The summed E-state index contributed by atoms with van der Waals surface area (Å²) < 4.78 is 1.02. The second kappa shape index (κ2) is 4.84. The van der Waals surface area contributed by atoms with Crippen LogP contribution in [0.3, 0.4) is 0 Å². The first-order valence-electron chi connectivity index (χ1n) is 5.19. The number of carbonyl (C=O) groups excluding carboxylic acids is 1. The number of halogens is 1. The molecule has 4 nitrogen and oxygen atoms in total. The van der Waals surface area contributed by atoms with Gasteiger partial charge in [-0.05, 0) is 25.2 Å². The van der Waals surface area contributed by atoms with Gasteiger partial charge in [0.15, 0.2) is 0 Å². The normalized spacial score (nSPS) is 14.6. The van der Waals surface area contributed by atoms with Gasteiger partial charge in [0.2, 0.25) is 5.91 Å². The van der Waals surface area contributed by atoms with Gasteiger partial charge in [-0.1, -0.05) is 15.9 Å². The standard InChI is InChI=1S/C11H14BrN3O/c1-13-4-5-15-7-11(16)14-9-3-2-8(12)6-10(9)15/h2-3,6,13H,4-5,7H2,1H3,(H,14,16). The molecule has 0 atom stereocenters. The van der Waals surface area contributed by atoms with Crippen LogP contribution in [0.1, 0.15) is 0 Å². The quantitative estimate of drug-likeness (QED) is 0.882. The Morgan fingerprint density at radius 2 is 2.38 bits per heavy atom. The molecule has 0 aromatic heterocycles. The highest BCUT2D eigenvalue weighted by Crippen LogP contribution is 2.31. The maximum Gasteiger partial charge on any atom is 0.243 e. The van der Waals surface area contributed by atoms with Gasteiger partial charge < -0.3 is 15.5 Å². The Morgan fingerprint density at radius 3 is 3.12 bits per heavy atom. The maximum absolute atomic E-state index is 11.5. The van der Waals surface area contributed by atoms with E-state index in [1.807, 2.05) is 25.2 Å². The third kappa shape index (κ3) is 2.36. The molecule has 2 N–H and O–H groups in total. The number of anilines is 2. The molecule has 0 aliphatic carbocycles. The van der Waals surface area contributed by atoms with Crippen molar-refractivity contribution in [2.75, 3.05) is 36.9 Å². The molecule has 1 aliphatic rings. The first-order chi connectivity index (χ1) is 7.70. The molecule has 0 fully saturated rings. The lowest BCUT2D eigenvalue weighted by molar-refractivity contribution is -0.115. The zero-order chi connectivity index (χ0) is 11.5. The predicted molar refractivity (Wildman–Crippen MR) is 68.9 cm³/mol. The number of amides is 1. The van der Waals surface area contributed by atoms with Gasteiger partial charge in [0.05, 0.1) is 17.9 Å². The summed E-state index contributed by atoms with van der Waals surface area (Å²) in [6.45, 7) is 2.11. The molecule has 0 bridgehead atoms. The summed E-state index contributed by atoms with van der Waals surface area (Å²) in [5.74, 6) is 0.0472. The van der Waals surface area contributed by atoms with E-state index in [0.717, 1.165) is 28.9 Å². The van der Waals surface area contributed by atoms with Crippen molar-refractivity contribution in [1.29, 1.82) is 0 Å². The topological polar surface area (TPSA) is 44.4 Å². The molecule has 86 valence electrons. The molecular weight excluding hydrogens is 270 g/mol. The predicted octanol–water partition coefficient (Wildman–Crippen LogP) is 1.43. The second-order valence-electron chi connectivity index (χ2n) is 3.73. The number of nitrogens with one attached hydrogen (secondary N) is 2. The van der Waals surface area contributed by atoms with Crippen LogP contribution in [0.4, 0.5) is 11.4 Å². The monoisotopic (exact) mass is 283 g/mol. The lowest BCUT2D eigenvalue weighted by Gasteiger charge is -2.31. The molecular formula is C11H14BrN3O. The smallest absolute Gasteiger partial charge is 0.243 e. The molecule has 1 amide bonds. The van der Waals surface area contributed by atoms with E-state index in [0.29, 0.717) is 6.54 Å². The lowest BCUT2D eigenvalue weighted by atomic mass is 10.2. The van der Waals surface area contributed by atoms with Crippen LogP contribution in [0.5, 0.6) is 0 Å². The Bertz CT molecular complexity index is 408. The Balaban J connectivity index is 2.28. The fourth-order valence-corrected chi connectivity index (χ4v) is 2.12. The molecule has 0 unspecified atom stereocenters. The zero-order valence-electron chi connectivity index (χ0n) is 9.09. The number of hydrogen-bond acceptors (Lipinski definition) is 3. The zero-order valence-corrected chi connectivity index (χ0v) is 10.7. The first-order valence-corrected chi connectivity index (χ1v) is 5.99. The number of fused-ring (bicyclic) bond motifs is 1. The number of benzene rings is 1. The lowest BCUT2D eigenvalue weighted by Crippen LogP contribution is -2.41. The van der Waals surface area contributed by atoms with Gasteiger partial charge in [-0.15, -0.1) is 0 Å². The van der Waals surface area contributed by atoms with E-state index in [9.17, 15) is 4.79 Å². The molecule has 1 aliphatic heterocycles. The van der Waals surface area contributed by atoms with Crippen LogP contribution in [-0.4, -0.2) is 32.6 Å². The summed E-state index contributed by atoms with van der Waals surface area (Å²) in [5.41, 5.74) is 1.96. The average molecular weight is 284 g/mol. The van der Waals surface area contributed by atoms with E-state index in [1.54, 1.807) is 0 Å².